The Bertz CT molecular complexity index is 138. The molecule has 0 aromatic rings. The summed E-state index contributed by atoms with van der Waals surface area (Å²) in [5.41, 5.74) is 0. The van der Waals surface area contributed by atoms with Crippen LogP contribution >= 0.6 is 0 Å². The Morgan fingerprint density at radius 1 is 1.67 bits per heavy atom. The monoisotopic (exact) mass is 129 g/mol. The number of imide groups is 1. The third-order valence-electron chi connectivity index (χ3n) is 0.728. The lowest BCUT2D eigenvalue weighted by Gasteiger charge is -2.06. The highest BCUT2D eigenvalue weighted by Gasteiger charge is 2.10. The summed E-state index contributed by atoms with van der Waals surface area (Å²) < 4.78 is 0. The molecule has 0 saturated heterocycles. The molecular formula is C5H7NO3. The smallest absolute Gasteiger partial charge is 0.418 e. The standard InChI is InChI=1S/C5H7NO3/c1-3-6(4(2)7)5(8)9/h3H,1H2,2H3,(H,8,9). The number of nitrogens with zero attached hydrogens (tertiary/aromatic N) is 1. The van der Waals surface area contributed by atoms with Gasteiger partial charge < -0.3 is 5.11 Å². The normalized spacial score (nSPS) is 8.11. The van der Waals surface area contributed by atoms with E-state index in [0.29, 0.717) is 4.90 Å². The molecule has 0 spiro atoms. The predicted molar refractivity (Wildman–Crippen MR) is 30.7 cm³/mol. The minimum Gasteiger partial charge on any atom is -0.464 e. The van der Waals surface area contributed by atoms with Gasteiger partial charge in [-0.2, -0.15) is 0 Å². The van der Waals surface area contributed by atoms with Crippen LogP contribution in [0, 0.1) is 0 Å². The molecule has 0 aromatic carbocycles. The number of rotatable bonds is 1. The van der Waals surface area contributed by atoms with E-state index in [1.54, 1.807) is 0 Å². The van der Waals surface area contributed by atoms with E-state index < -0.39 is 12.0 Å². The van der Waals surface area contributed by atoms with Gasteiger partial charge in [-0.05, 0) is 0 Å². The van der Waals surface area contributed by atoms with Gasteiger partial charge in [0.2, 0.25) is 5.91 Å². The highest BCUT2D eigenvalue weighted by atomic mass is 16.4. The fraction of sp³-hybridized carbons (Fsp3) is 0.200. The van der Waals surface area contributed by atoms with Crippen LogP contribution in [0.5, 0.6) is 0 Å². The van der Waals surface area contributed by atoms with Crippen molar-refractivity contribution in [2.45, 2.75) is 6.92 Å². The zero-order valence-corrected chi connectivity index (χ0v) is 5.00. The highest BCUT2D eigenvalue weighted by Crippen LogP contribution is 1.88. The van der Waals surface area contributed by atoms with Gasteiger partial charge >= 0.3 is 6.09 Å². The summed E-state index contributed by atoms with van der Waals surface area (Å²) in [5.74, 6) is -0.558. The van der Waals surface area contributed by atoms with Gasteiger partial charge in [0.15, 0.2) is 0 Å². The van der Waals surface area contributed by atoms with Gasteiger partial charge in [-0.3, -0.25) is 4.79 Å². The number of carbonyl (C=O) groups excluding carboxylic acids is 1. The predicted octanol–water partition coefficient (Wildman–Crippen LogP) is 0.656. The van der Waals surface area contributed by atoms with E-state index in [1.807, 2.05) is 0 Å². The van der Waals surface area contributed by atoms with Gasteiger partial charge in [0.05, 0.1) is 0 Å². The lowest BCUT2D eigenvalue weighted by Crippen LogP contribution is -2.27. The van der Waals surface area contributed by atoms with E-state index in [1.165, 1.54) is 0 Å². The Balaban J connectivity index is 4.16. The summed E-state index contributed by atoms with van der Waals surface area (Å²) in [6.07, 6.45) is -0.359. The Kier molecular flexibility index (Phi) is 2.44. The third kappa shape index (κ3) is 1.94. The van der Waals surface area contributed by atoms with Crippen molar-refractivity contribution < 1.29 is 14.7 Å². The molecule has 0 aliphatic heterocycles. The van der Waals surface area contributed by atoms with Gasteiger partial charge in [0, 0.05) is 13.1 Å². The fourth-order valence-electron chi connectivity index (χ4n) is 0.341. The van der Waals surface area contributed by atoms with E-state index in [-0.39, 0.29) is 0 Å². The van der Waals surface area contributed by atoms with Crippen molar-refractivity contribution in [2.24, 2.45) is 0 Å². The number of carboxylic acid groups (broad SMARTS) is 1. The third-order valence-corrected chi connectivity index (χ3v) is 0.728. The molecule has 0 saturated carbocycles. The molecule has 0 aromatic heterocycles. The van der Waals surface area contributed by atoms with Crippen molar-refractivity contribution in [1.29, 1.82) is 0 Å². The number of carbonyl (C=O) groups is 2. The van der Waals surface area contributed by atoms with Crippen LogP contribution in [0.15, 0.2) is 12.8 Å². The van der Waals surface area contributed by atoms with E-state index in [9.17, 15) is 9.59 Å². The van der Waals surface area contributed by atoms with Gasteiger partial charge in [0.25, 0.3) is 0 Å². The molecule has 0 unspecified atom stereocenters. The Morgan fingerprint density at radius 3 is 2.11 bits per heavy atom. The van der Waals surface area contributed by atoms with Crippen LogP contribution in [0.1, 0.15) is 6.92 Å². The molecule has 2 amide bonds. The molecule has 9 heavy (non-hydrogen) atoms. The summed E-state index contributed by atoms with van der Waals surface area (Å²) in [6, 6.07) is 0. The molecule has 1 N–H and O–H groups in total. The lowest BCUT2D eigenvalue weighted by atomic mass is 10.6. The van der Waals surface area contributed by atoms with Crippen molar-refractivity contribution in [3.05, 3.63) is 12.8 Å². The first-order chi connectivity index (χ1) is 4.09. The molecule has 0 fully saturated rings. The average Bonchev–Trinajstić information content (AvgIpc) is 1.64. The molecule has 0 aliphatic rings. The minimum absolute atomic E-state index is 0.500. The Morgan fingerprint density at radius 2 is 2.11 bits per heavy atom. The molecule has 0 atom stereocenters. The number of hydrogen-bond donors (Lipinski definition) is 1. The molecule has 0 heterocycles. The van der Waals surface area contributed by atoms with Crippen molar-refractivity contribution in [2.75, 3.05) is 0 Å². The first-order valence-electron chi connectivity index (χ1n) is 2.25. The molecule has 0 bridgehead atoms. The maximum atomic E-state index is 10.3. The zero-order valence-electron chi connectivity index (χ0n) is 5.00. The summed E-state index contributed by atoms with van der Waals surface area (Å²) in [5, 5.41) is 8.18. The van der Waals surface area contributed by atoms with Crippen molar-refractivity contribution in [1.82, 2.24) is 4.90 Å². The van der Waals surface area contributed by atoms with Crippen LogP contribution in [0.4, 0.5) is 4.79 Å². The van der Waals surface area contributed by atoms with Gasteiger partial charge in [0.1, 0.15) is 0 Å². The van der Waals surface area contributed by atoms with Gasteiger partial charge in [-0.1, -0.05) is 6.58 Å². The molecule has 0 rings (SSSR count). The molecule has 50 valence electrons. The van der Waals surface area contributed by atoms with Crippen LogP contribution in [0.3, 0.4) is 0 Å². The van der Waals surface area contributed by atoms with Gasteiger partial charge in [-0.25, -0.2) is 9.69 Å². The zero-order chi connectivity index (χ0) is 7.44. The lowest BCUT2D eigenvalue weighted by molar-refractivity contribution is -0.124. The maximum absolute atomic E-state index is 10.3. The average molecular weight is 129 g/mol. The van der Waals surface area contributed by atoms with Crippen LogP contribution in [-0.2, 0) is 4.79 Å². The largest absolute Gasteiger partial charge is 0.464 e. The van der Waals surface area contributed by atoms with Crippen molar-refractivity contribution >= 4 is 12.0 Å². The van der Waals surface area contributed by atoms with Crippen molar-refractivity contribution in [3.63, 3.8) is 0 Å². The van der Waals surface area contributed by atoms with E-state index in [0.717, 1.165) is 13.1 Å². The van der Waals surface area contributed by atoms with Crippen LogP contribution in [0.25, 0.3) is 0 Å². The molecule has 0 radical (unpaired) electrons. The van der Waals surface area contributed by atoms with Crippen LogP contribution in [0.2, 0.25) is 0 Å². The summed E-state index contributed by atoms with van der Waals surface area (Å²) >= 11 is 0. The molecule has 4 nitrogen and oxygen atoms in total. The number of amides is 2. The topological polar surface area (TPSA) is 57.6 Å². The second-order valence-electron chi connectivity index (χ2n) is 1.35. The fourth-order valence-corrected chi connectivity index (χ4v) is 0.341. The first kappa shape index (κ1) is 7.68. The summed E-state index contributed by atoms with van der Waals surface area (Å²) in [6.45, 7) is 4.28. The van der Waals surface area contributed by atoms with Gasteiger partial charge in [-0.15, -0.1) is 0 Å². The quantitative estimate of drug-likeness (QED) is 0.565. The second-order valence-corrected chi connectivity index (χ2v) is 1.35. The summed E-state index contributed by atoms with van der Waals surface area (Å²) in [7, 11) is 0. The first-order valence-corrected chi connectivity index (χ1v) is 2.25. The van der Waals surface area contributed by atoms with E-state index >= 15 is 0 Å². The van der Waals surface area contributed by atoms with E-state index in [4.69, 9.17) is 5.11 Å². The minimum atomic E-state index is -1.31. The number of hydrogen-bond acceptors (Lipinski definition) is 2. The summed E-state index contributed by atoms with van der Waals surface area (Å²) in [4.78, 5) is 20.8. The Hall–Kier alpha value is -1.32. The van der Waals surface area contributed by atoms with E-state index in [2.05, 4.69) is 6.58 Å². The maximum Gasteiger partial charge on any atom is 0.418 e. The highest BCUT2D eigenvalue weighted by molar-refractivity contribution is 5.90. The van der Waals surface area contributed by atoms with Crippen molar-refractivity contribution in [3.8, 4) is 0 Å². The second kappa shape index (κ2) is 2.86. The molecule has 4 heteroatoms. The SMILES string of the molecule is C=CN(C(C)=O)C(=O)O. The van der Waals surface area contributed by atoms with Crippen LogP contribution < -0.4 is 0 Å². The van der Waals surface area contributed by atoms with Crippen LogP contribution in [-0.4, -0.2) is 22.0 Å². The Labute approximate surface area is 52.4 Å². The molecule has 0 aliphatic carbocycles. The molecular weight excluding hydrogens is 122 g/mol.